The summed E-state index contributed by atoms with van der Waals surface area (Å²) in [5.41, 5.74) is -1.07. The molecule has 9 heteroatoms. The molecule has 2 rings (SSSR count). The van der Waals surface area contributed by atoms with E-state index in [9.17, 15) is 35.7 Å². The van der Waals surface area contributed by atoms with Crippen LogP contribution in [0, 0.1) is 0 Å². The third kappa shape index (κ3) is 4.63. The number of aliphatic hydroxyl groups excluding tert-OH is 5. The number of phenolic OH excluding ortho intramolecular Hbond substituents is 1. The molecule has 6 atom stereocenters. The summed E-state index contributed by atoms with van der Waals surface area (Å²) in [7, 11) is 0. The molecular formula is C17H26O9. The molecule has 7 N–H and O–H groups in total. The van der Waals surface area contributed by atoms with Crippen LogP contribution in [0.3, 0.4) is 0 Å². The lowest BCUT2D eigenvalue weighted by molar-refractivity contribution is -0.277. The largest absolute Gasteiger partial charge is 0.508 e. The van der Waals surface area contributed by atoms with Crippen LogP contribution in [0.15, 0.2) is 18.2 Å². The van der Waals surface area contributed by atoms with Gasteiger partial charge >= 0.3 is 0 Å². The summed E-state index contributed by atoms with van der Waals surface area (Å²) in [6, 6.07) is 4.02. The SMILES string of the molecule is CC(C)(O)C(O)Cc1cc(O)ccc1OC1OC(CO)C(O)C(O)C1O. The molecule has 1 heterocycles. The minimum Gasteiger partial charge on any atom is -0.508 e. The van der Waals surface area contributed by atoms with Crippen molar-refractivity contribution in [1.82, 2.24) is 0 Å². The van der Waals surface area contributed by atoms with Crippen LogP contribution in [0.2, 0.25) is 0 Å². The first-order chi connectivity index (χ1) is 12.0. The molecule has 1 aromatic carbocycles. The molecule has 1 aromatic rings. The van der Waals surface area contributed by atoms with Crippen LogP contribution < -0.4 is 4.74 Å². The number of rotatable bonds is 6. The van der Waals surface area contributed by atoms with Crippen LogP contribution in [0.4, 0.5) is 0 Å². The Labute approximate surface area is 150 Å². The molecule has 1 aliphatic heterocycles. The van der Waals surface area contributed by atoms with Crippen LogP contribution >= 0.6 is 0 Å². The number of aliphatic hydroxyl groups is 6. The molecule has 0 radical (unpaired) electrons. The summed E-state index contributed by atoms with van der Waals surface area (Å²) < 4.78 is 10.8. The standard InChI is InChI=1S/C17H26O9/c1-17(2,24)12(20)6-8-5-9(19)3-4-10(8)25-16-15(23)14(22)13(21)11(7-18)26-16/h3-5,11-16,18-24H,6-7H2,1-2H3. The van der Waals surface area contributed by atoms with Gasteiger partial charge in [-0.3, -0.25) is 0 Å². The number of hydrogen-bond donors (Lipinski definition) is 7. The third-order valence-corrected chi connectivity index (χ3v) is 4.36. The maximum atomic E-state index is 10.1. The second kappa shape index (κ2) is 8.05. The van der Waals surface area contributed by atoms with Gasteiger partial charge in [-0.15, -0.1) is 0 Å². The molecule has 0 bridgehead atoms. The molecule has 0 spiro atoms. The Balaban J connectivity index is 2.23. The highest BCUT2D eigenvalue weighted by molar-refractivity contribution is 5.40. The van der Waals surface area contributed by atoms with Crippen molar-refractivity contribution in [2.75, 3.05) is 6.61 Å². The van der Waals surface area contributed by atoms with E-state index in [0.29, 0.717) is 5.56 Å². The molecule has 0 aliphatic carbocycles. The monoisotopic (exact) mass is 374 g/mol. The van der Waals surface area contributed by atoms with Gasteiger partial charge < -0.3 is 45.2 Å². The van der Waals surface area contributed by atoms with Gasteiger partial charge in [0.05, 0.1) is 18.3 Å². The van der Waals surface area contributed by atoms with Gasteiger partial charge in [0.1, 0.15) is 35.9 Å². The first kappa shape index (κ1) is 20.8. The molecule has 148 valence electrons. The van der Waals surface area contributed by atoms with E-state index in [4.69, 9.17) is 9.47 Å². The van der Waals surface area contributed by atoms with Crippen LogP contribution in [-0.2, 0) is 11.2 Å². The molecule has 1 saturated heterocycles. The van der Waals surface area contributed by atoms with Crippen LogP contribution in [-0.4, -0.2) is 84.8 Å². The smallest absolute Gasteiger partial charge is 0.229 e. The van der Waals surface area contributed by atoms with E-state index in [1.165, 1.54) is 32.0 Å². The van der Waals surface area contributed by atoms with E-state index in [-0.39, 0.29) is 17.9 Å². The van der Waals surface area contributed by atoms with Gasteiger partial charge in [-0.25, -0.2) is 0 Å². The Morgan fingerprint density at radius 1 is 1.15 bits per heavy atom. The van der Waals surface area contributed by atoms with Gasteiger partial charge in [-0.2, -0.15) is 0 Å². The normalized spacial score (nSPS) is 30.8. The van der Waals surface area contributed by atoms with E-state index in [1.807, 2.05) is 0 Å². The zero-order valence-corrected chi connectivity index (χ0v) is 14.6. The quantitative estimate of drug-likeness (QED) is 0.306. The first-order valence-electron chi connectivity index (χ1n) is 8.24. The number of phenols is 1. The third-order valence-electron chi connectivity index (χ3n) is 4.36. The highest BCUT2D eigenvalue weighted by Gasteiger charge is 2.45. The van der Waals surface area contributed by atoms with Gasteiger partial charge in [-0.1, -0.05) is 0 Å². The number of benzene rings is 1. The van der Waals surface area contributed by atoms with Gasteiger partial charge in [0, 0.05) is 12.0 Å². The summed E-state index contributed by atoms with van der Waals surface area (Å²) in [6.45, 7) is 2.27. The van der Waals surface area contributed by atoms with Crippen molar-refractivity contribution >= 4 is 0 Å². The molecule has 1 aliphatic rings. The molecule has 26 heavy (non-hydrogen) atoms. The van der Waals surface area contributed by atoms with Crippen molar-refractivity contribution in [1.29, 1.82) is 0 Å². The Morgan fingerprint density at radius 2 is 1.81 bits per heavy atom. The lowest BCUT2D eigenvalue weighted by atomic mass is 9.94. The van der Waals surface area contributed by atoms with E-state index in [0.717, 1.165) is 0 Å². The van der Waals surface area contributed by atoms with E-state index < -0.39 is 49.0 Å². The lowest BCUT2D eigenvalue weighted by Crippen LogP contribution is -2.60. The first-order valence-corrected chi connectivity index (χ1v) is 8.24. The predicted octanol–water partition coefficient (Wildman–Crippen LogP) is -1.75. The fourth-order valence-electron chi connectivity index (χ4n) is 2.59. The maximum absolute atomic E-state index is 10.1. The molecule has 0 amide bonds. The van der Waals surface area contributed by atoms with Crippen molar-refractivity contribution in [2.45, 2.75) is 62.7 Å². The van der Waals surface area contributed by atoms with Crippen molar-refractivity contribution in [2.24, 2.45) is 0 Å². The summed E-state index contributed by atoms with van der Waals surface area (Å²) in [5.74, 6) is 0.0412. The minimum atomic E-state index is -1.59. The average Bonchev–Trinajstić information content (AvgIpc) is 2.56. The molecular weight excluding hydrogens is 348 g/mol. The molecule has 9 nitrogen and oxygen atoms in total. The van der Waals surface area contributed by atoms with Crippen molar-refractivity contribution in [3.63, 3.8) is 0 Å². The topological polar surface area (TPSA) is 160 Å². The summed E-state index contributed by atoms with van der Waals surface area (Å²) in [4.78, 5) is 0. The Morgan fingerprint density at radius 3 is 2.38 bits per heavy atom. The highest BCUT2D eigenvalue weighted by atomic mass is 16.7. The fraction of sp³-hybridized carbons (Fsp3) is 0.647. The highest BCUT2D eigenvalue weighted by Crippen LogP contribution is 2.30. The Bertz CT molecular complexity index is 598. The summed E-state index contributed by atoms with van der Waals surface area (Å²) in [6.07, 6.45) is -8.44. The molecule has 1 fully saturated rings. The van der Waals surface area contributed by atoms with Crippen LogP contribution in [0.25, 0.3) is 0 Å². The summed E-state index contributed by atoms with van der Waals surface area (Å²) in [5, 5.41) is 68.6. The number of ether oxygens (including phenoxy) is 2. The van der Waals surface area contributed by atoms with E-state index >= 15 is 0 Å². The number of aromatic hydroxyl groups is 1. The lowest BCUT2D eigenvalue weighted by Gasteiger charge is -2.39. The minimum absolute atomic E-state index is 0.0648. The average molecular weight is 374 g/mol. The predicted molar refractivity (Wildman–Crippen MR) is 88.5 cm³/mol. The molecule has 6 unspecified atom stereocenters. The Kier molecular flexibility index (Phi) is 6.46. The number of hydrogen-bond acceptors (Lipinski definition) is 9. The van der Waals surface area contributed by atoms with Crippen LogP contribution in [0.5, 0.6) is 11.5 Å². The zero-order chi connectivity index (χ0) is 19.6. The molecule has 0 aromatic heterocycles. The van der Waals surface area contributed by atoms with Crippen molar-refractivity contribution in [3.8, 4) is 11.5 Å². The second-order valence-electron chi connectivity index (χ2n) is 6.98. The van der Waals surface area contributed by atoms with Gasteiger partial charge in [0.15, 0.2) is 0 Å². The van der Waals surface area contributed by atoms with Gasteiger partial charge in [-0.05, 0) is 32.0 Å². The zero-order valence-electron chi connectivity index (χ0n) is 14.6. The summed E-state index contributed by atoms with van der Waals surface area (Å²) >= 11 is 0. The van der Waals surface area contributed by atoms with Gasteiger partial charge in [0.25, 0.3) is 0 Å². The van der Waals surface area contributed by atoms with E-state index in [2.05, 4.69) is 0 Å². The maximum Gasteiger partial charge on any atom is 0.229 e. The van der Waals surface area contributed by atoms with Gasteiger partial charge in [0.2, 0.25) is 6.29 Å². The van der Waals surface area contributed by atoms with Crippen molar-refractivity contribution in [3.05, 3.63) is 23.8 Å². The fourth-order valence-corrected chi connectivity index (χ4v) is 2.59. The van der Waals surface area contributed by atoms with Crippen molar-refractivity contribution < 1.29 is 45.2 Å². The second-order valence-corrected chi connectivity index (χ2v) is 6.98. The van der Waals surface area contributed by atoms with Crippen LogP contribution in [0.1, 0.15) is 19.4 Å². The Hall–Kier alpha value is -1.46. The molecule has 0 saturated carbocycles. The van der Waals surface area contributed by atoms with E-state index in [1.54, 1.807) is 0 Å².